The van der Waals surface area contributed by atoms with Gasteiger partial charge in [0.05, 0.1) is 17.4 Å². The molecule has 2 aromatic heterocycles. The zero-order chi connectivity index (χ0) is 20.6. The maximum Gasteiger partial charge on any atom is 0.513 e. The lowest BCUT2D eigenvalue weighted by molar-refractivity contribution is 0.122. The average Bonchev–Trinajstić information content (AvgIpc) is 3.12. The summed E-state index contributed by atoms with van der Waals surface area (Å²) in [5, 5.41) is 3.91. The second-order valence-corrected chi connectivity index (χ2v) is 8.48. The van der Waals surface area contributed by atoms with Crippen LogP contribution in [0.15, 0.2) is 34.1 Å². The minimum absolute atomic E-state index is 0.0575. The molecule has 3 heterocycles. The SMILES string of the molecule is COC(=O)Oc1c[nH]c2c(=O)[nH]c3ccc(S(=O)(=O)NC4CCNCC4)cc3c12. The number of carbonyl (C=O) groups excluding carboxylic acids is 1. The maximum atomic E-state index is 12.9. The Hall–Kier alpha value is -2.89. The summed E-state index contributed by atoms with van der Waals surface area (Å²) < 4.78 is 38.1. The van der Waals surface area contributed by atoms with Crippen LogP contribution in [-0.4, -0.2) is 50.8 Å². The minimum Gasteiger partial charge on any atom is -0.437 e. The fourth-order valence-corrected chi connectivity index (χ4v) is 4.81. The number of pyridine rings is 1. The van der Waals surface area contributed by atoms with E-state index in [1.165, 1.54) is 31.5 Å². The fourth-order valence-electron chi connectivity index (χ4n) is 3.48. The number of hydrogen-bond donors (Lipinski definition) is 4. The van der Waals surface area contributed by atoms with Crippen molar-refractivity contribution in [1.29, 1.82) is 0 Å². The summed E-state index contributed by atoms with van der Waals surface area (Å²) in [6.45, 7) is 1.51. The molecule has 154 valence electrons. The summed E-state index contributed by atoms with van der Waals surface area (Å²) in [7, 11) is -2.60. The van der Waals surface area contributed by atoms with E-state index in [1.54, 1.807) is 0 Å². The Kier molecular flexibility index (Phi) is 5.03. The van der Waals surface area contributed by atoms with Crippen molar-refractivity contribution in [3.63, 3.8) is 0 Å². The second kappa shape index (κ2) is 7.50. The predicted molar refractivity (Wildman–Crippen MR) is 106 cm³/mol. The molecular formula is C18H20N4O6S. The van der Waals surface area contributed by atoms with Gasteiger partial charge in [-0.1, -0.05) is 0 Å². The van der Waals surface area contributed by atoms with Crippen molar-refractivity contribution in [2.24, 2.45) is 0 Å². The van der Waals surface area contributed by atoms with E-state index in [0.717, 1.165) is 13.1 Å². The Morgan fingerprint density at radius 2 is 2.00 bits per heavy atom. The maximum absolute atomic E-state index is 12.9. The van der Waals surface area contributed by atoms with Crippen molar-refractivity contribution in [3.8, 4) is 5.75 Å². The molecule has 10 nitrogen and oxygen atoms in total. The van der Waals surface area contributed by atoms with Gasteiger partial charge in [-0.3, -0.25) is 4.79 Å². The quantitative estimate of drug-likeness (QED) is 0.464. The molecule has 1 aromatic carbocycles. The van der Waals surface area contributed by atoms with Gasteiger partial charge in [0.15, 0.2) is 5.75 Å². The number of rotatable bonds is 4. The number of methoxy groups -OCH3 is 1. The van der Waals surface area contributed by atoms with E-state index < -0.39 is 21.7 Å². The van der Waals surface area contributed by atoms with Crippen LogP contribution in [0.4, 0.5) is 4.79 Å². The van der Waals surface area contributed by atoms with E-state index in [1.807, 2.05) is 0 Å². The number of piperidine rings is 1. The van der Waals surface area contributed by atoms with Gasteiger partial charge in [0.2, 0.25) is 10.0 Å². The number of carbonyl (C=O) groups is 1. The molecule has 0 radical (unpaired) electrons. The Morgan fingerprint density at radius 1 is 1.24 bits per heavy atom. The zero-order valence-electron chi connectivity index (χ0n) is 15.6. The first kappa shape index (κ1) is 19.4. The molecule has 4 rings (SSSR count). The summed E-state index contributed by atoms with van der Waals surface area (Å²) in [6.07, 6.45) is 1.82. The van der Waals surface area contributed by atoms with Crippen molar-refractivity contribution in [2.45, 2.75) is 23.8 Å². The monoisotopic (exact) mass is 420 g/mol. The molecular weight excluding hydrogens is 400 g/mol. The Morgan fingerprint density at radius 3 is 2.72 bits per heavy atom. The Labute approximate surface area is 165 Å². The molecule has 1 aliphatic heterocycles. The number of ether oxygens (including phenoxy) is 2. The summed E-state index contributed by atoms with van der Waals surface area (Å²) in [5.41, 5.74) is 0.158. The van der Waals surface area contributed by atoms with Crippen LogP contribution in [-0.2, 0) is 14.8 Å². The third-order valence-corrected chi connectivity index (χ3v) is 6.43. The third-order valence-electron chi connectivity index (χ3n) is 4.91. The molecule has 0 saturated carbocycles. The van der Waals surface area contributed by atoms with Crippen LogP contribution in [0.2, 0.25) is 0 Å². The number of H-pyrrole nitrogens is 2. The van der Waals surface area contributed by atoms with Crippen molar-refractivity contribution in [1.82, 2.24) is 20.0 Å². The zero-order valence-corrected chi connectivity index (χ0v) is 16.4. The summed E-state index contributed by atoms with van der Waals surface area (Å²) in [5.74, 6) is 0.0730. The van der Waals surface area contributed by atoms with Crippen molar-refractivity contribution < 1.29 is 22.7 Å². The summed E-state index contributed by atoms with van der Waals surface area (Å²) >= 11 is 0. The van der Waals surface area contributed by atoms with Gasteiger partial charge >= 0.3 is 6.16 Å². The average molecular weight is 420 g/mol. The van der Waals surface area contributed by atoms with Gasteiger partial charge in [-0.15, -0.1) is 0 Å². The normalized spacial score (nSPS) is 15.6. The van der Waals surface area contributed by atoms with Crippen LogP contribution in [0.5, 0.6) is 5.75 Å². The fraction of sp³-hybridized carbons (Fsp3) is 0.333. The molecule has 0 atom stereocenters. The number of aromatic amines is 2. The summed E-state index contributed by atoms with van der Waals surface area (Å²) in [6, 6.07) is 4.26. The molecule has 1 saturated heterocycles. The number of benzene rings is 1. The van der Waals surface area contributed by atoms with E-state index in [4.69, 9.17) is 4.74 Å². The first-order valence-corrected chi connectivity index (χ1v) is 10.5. The minimum atomic E-state index is -3.77. The first-order chi connectivity index (χ1) is 13.9. The van der Waals surface area contributed by atoms with E-state index in [0.29, 0.717) is 29.1 Å². The van der Waals surface area contributed by atoms with Crippen LogP contribution in [0.3, 0.4) is 0 Å². The number of nitrogens with one attached hydrogen (secondary N) is 4. The molecule has 3 aromatic rings. The van der Waals surface area contributed by atoms with Gasteiger partial charge in [-0.2, -0.15) is 0 Å². The predicted octanol–water partition coefficient (Wildman–Crippen LogP) is 1.18. The van der Waals surface area contributed by atoms with Crippen molar-refractivity contribution >= 4 is 38.0 Å². The highest BCUT2D eigenvalue weighted by Crippen LogP contribution is 2.31. The number of hydrogen-bond acceptors (Lipinski definition) is 7. The lowest BCUT2D eigenvalue weighted by atomic mass is 10.1. The molecule has 29 heavy (non-hydrogen) atoms. The number of sulfonamides is 1. The van der Waals surface area contributed by atoms with Crippen LogP contribution >= 0.6 is 0 Å². The smallest absolute Gasteiger partial charge is 0.437 e. The number of fused-ring (bicyclic) bond motifs is 3. The van der Waals surface area contributed by atoms with Crippen LogP contribution in [0, 0.1) is 0 Å². The number of aromatic nitrogens is 2. The van der Waals surface area contributed by atoms with Gasteiger partial charge in [0, 0.05) is 23.1 Å². The molecule has 11 heteroatoms. The van der Waals surface area contributed by atoms with E-state index >= 15 is 0 Å². The standard InChI is InChI=1S/C18H20N4O6S/c1-27-18(24)28-14-9-20-16-15(14)12-8-11(2-3-13(12)21-17(16)23)29(25,26)22-10-4-6-19-7-5-10/h2-3,8-10,19-20,22H,4-7H2,1H3,(H,21,23). The van der Waals surface area contributed by atoms with Crippen LogP contribution in [0.25, 0.3) is 21.8 Å². The molecule has 4 N–H and O–H groups in total. The van der Waals surface area contributed by atoms with E-state index in [9.17, 15) is 18.0 Å². The van der Waals surface area contributed by atoms with E-state index in [-0.39, 0.29) is 22.2 Å². The van der Waals surface area contributed by atoms with Gasteiger partial charge in [-0.25, -0.2) is 17.9 Å². The lowest BCUT2D eigenvalue weighted by Crippen LogP contribution is -2.42. The third kappa shape index (κ3) is 3.71. The molecule has 0 aliphatic carbocycles. The first-order valence-electron chi connectivity index (χ1n) is 9.05. The largest absolute Gasteiger partial charge is 0.513 e. The highest BCUT2D eigenvalue weighted by Gasteiger charge is 2.23. The highest BCUT2D eigenvalue weighted by molar-refractivity contribution is 7.89. The molecule has 1 fully saturated rings. The molecule has 0 spiro atoms. The Balaban J connectivity index is 1.82. The van der Waals surface area contributed by atoms with Crippen LogP contribution < -0.4 is 20.3 Å². The van der Waals surface area contributed by atoms with E-state index in [2.05, 4.69) is 24.7 Å². The molecule has 0 amide bonds. The van der Waals surface area contributed by atoms with Gasteiger partial charge in [0.1, 0.15) is 5.52 Å². The Bertz CT molecular complexity index is 1240. The van der Waals surface area contributed by atoms with Gasteiger partial charge in [0.25, 0.3) is 5.56 Å². The molecule has 1 aliphatic rings. The van der Waals surface area contributed by atoms with Gasteiger partial charge in [-0.05, 0) is 44.1 Å². The molecule has 0 unspecified atom stereocenters. The topological polar surface area (TPSA) is 142 Å². The van der Waals surface area contributed by atoms with Gasteiger partial charge < -0.3 is 24.8 Å². The highest BCUT2D eigenvalue weighted by atomic mass is 32.2. The van der Waals surface area contributed by atoms with Crippen molar-refractivity contribution in [3.05, 3.63) is 34.7 Å². The second-order valence-electron chi connectivity index (χ2n) is 6.77. The van der Waals surface area contributed by atoms with Crippen LogP contribution in [0.1, 0.15) is 12.8 Å². The van der Waals surface area contributed by atoms with Crippen molar-refractivity contribution in [2.75, 3.05) is 20.2 Å². The summed E-state index contributed by atoms with van der Waals surface area (Å²) in [4.78, 5) is 29.3. The lowest BCUT2D eigenvalue weighted by Gasteiger charge is -2.23. The molecule has 0 bridgehead atoms.